The second-order valence-corrected chi connectivity index (χ2v) is 7.43. The van der Waals surface area contributed by atoms with E-state index in [1.54, 1.807) is 0 Å². The first-order valence-electron chi connectivity index (χ1n) is 9.04. The molecule has 1 saturated heterocycles. The number of hydrogen-bond donors (Lipinski definition) is 0. The highest BCUT2D eigenvalue weighted by atomic mass is 16.4. The van der Waals surface area contributed by atoms with Crippen molar-refractivity contribution in [2.75, 3.05) is 26.2 Å². The first-order chi connectivity index (χ1) is 11.6. The summed E-state index contributed by atoms with van der Waals surface area (Å²) in [5.74, 6) is 5.54. The molecule has 0 amide bonds. The van der Waals surface area contributed by atoms with E-state index in [1.165, 1.54) is 12.2 Å². The van der Waals surface area contributed by atoms with Crippen molar-refractivity contribution in [3.05, 3.63) is 41.0 Å². The molecule has 2 aromatic heterocycles. The Kier molecular flexibility index (Phi) is 4.22. The predicted molar refractivity (Wildman–Crippen MR) is 91.8 cm³/mol. The van der Waals surface area contributed by atoms with Gasteiger partial charge < -0.3 is 8.83 Å². The summed E-state index contributed by atoms with van der Waals surface area (Å²) in [5, 5.41) is 0. The maximum Gasteiger partial charge on any atom is 0.208 e. The molecule has 130 valence electrons. The molecular formula is C19H27N3O2. The van der Waals surface area contributed by atoms with Crippen LogP contribution in [0.3, 0.4) is 0 Å². The van der Waals surface area contributed by atoms with Gasteiger partial charge in [0.25, 0.3) is 0 Å². The number of nitrogens with zero attached hydrogens (tertiary/aromatic N) is 3. The Morgan fingerprint density at radius 2 is 1.71 bits per heavy atom. The lowest BCUT2D eigenvalue weighted by Crippen LogP contribution is -2.45. The fourth-order valence-corrected chi connectivity index (χ4v) is 3.52. The van der Waals surface area contributed by atoms with Crippen molar-refractivity contribution < 1.29 is 8.83 Å². The average Bonchev–Trinajstić information content (AvgIpc) is 2.97. The van der Waals surface area contributed by atoms with Crippen molar-refractivity contribution in [1.82, 2.24) is 14.8 Å². The number of furan rings is 1. The molecule has 1 saturated carbocycles. The van der Waals surface area contributed by atoms with Crippen molar-refractivity contribution >= 4 is 0 Å². The molecule has 2 fully saturated rings. The van der Waals surface area contributed by atoms with Crippen molar-refractivity contribution in [3.63, 3.8) is 0 Å². The van der Waals surface area contributed by atoms with Crippen LogP contribution in [0.4, 0.5) is 0 Å². The molecule has 2 atom stereocenters. The molecule has 0 aromatic carbocycles. The Morgan fingerprint density at radius 3 is 2.29 bits per heavy atom. The van der Waals surface area contributed by atoms with Crippen molar-refractivity contribution in [1.29, 1.82) is 0 Å². The molecule has 2 aromatic rings. The molecule has 0 unspecified atom stereocenters. The summed E-state index contributed by atoms with van der Waals surface area (Å²) in [6.07, 6.45) is 1.28. The molecule has 1 aliphatic carbocycles. The largest absolute Gasteiger partial charge is 0.464 e. The number of hydrogen-bond acceptors (Lipinski definition) is 5. The summed E-state index contributed by atoms with van der Waals surface area (Å²) in [6.45, 7) is 12.2. The minimum Gasteiger partial charge on any atom is -0.464 e. The van der Waals surface area contributed by atoms with Crippen LogP contribution in [0.25, 0.3) is 0 Å². The maximum atomic E-state index is 6.04. The molecule has 1 aliphatic heterocycles. The van der Waals surface area contributed by atoms with Gasteiger partial charge in [-0.05, 0) is 38.3 Å². The lowest BCUT2D eigenvalue weighted by Gasteiger charge is -2.33. The number of oxazole rings is 1. The van der Waals surface area contributed by atoms with E-state index in [9.17, 15) is 0 Å². The molecule has 0 radical (unpaired) electrons. The fourth-order valence-electron chi connectivity index (χ4n) is 3.52. The van der Waals surface area contributed by atoms with Gasteiger partial charge in [0.1, 0.15) is 17.3 Å². The monoisotopic (exact) mass is 329 g/mol. The van der Waals surface area contributed by atoms with Crippen molar-refractivity contribution in [2.24, 2.45) is 5.92 Å². The van der Waals surface area contributed by atoms with Crippen LogP contribution < -0.4 is 0 Å². The van der Waals surface area contributed by atoms with Gasteiger partial charge in [0.15, 0.2) is 0 Å². The van der Waals surface area contributed by atoms with Gasteiger partial charge in [-0.1, -0.05) is 6.92 Å². The first kappa shape index (κ1) is 15.9. The van der Waals surface area contributed by atoms with Crippen LogP contribution in [0.5, 0.6) is 0 Å². The highest BCUT2D eigenvalue weighted by molar-refractivity contribution is 5.17. The Morgan fingerprint density at radius 1 is 1.04 bits per heavy atom. The molecule has 0 spiro atoms. The van der Waals surface area contributed by atoms with E-state index >= 15 is 0 Å². The van der Waals surface area contributed by atoms with Crippen LogP contribution in [0, 0.1) is 19.8 Å². The third kappa shape index (κ3) is 3.42. The van der Waals surface area contributed by atoms with E-state index in [0.29, 0.717) is 5.92 Å². The molecular weight excluding hydrogens is 302 g/mol. The molecule has 24 heavy (non-hydrogen) atoms. The second-order valence-electron chi connectivity index (χ2n) is 7.43. The van der Waals surface area contributed by atoms with Crippen LogP contribution in [0.2, 0.25) is 0 Å². The van der Waals surface area contributed by atoms with Gasteiger partial charge in [0, 0.05) is 32.1 Å². The van der Waals surface area contributed by atoms with E-state index in [2.05, 4.69) is 33.8 Å². The van der Waals surface area contributed by atoms with E-state index in [-0.39, 0.29) is 0 Å². The Bertz CT molecular complexity index is 678. The number of piperazine rings is 1. The summed E-state index contributed by atoms with van der Waals surface area (Å²) < 4.78 is 11.7. The van der Waals surface area contributed by atoms with E-state index in [4.69, 9.17) is 8.83 Å². The smallest absolute Gasteiger partial charge is 0.208 e. The highest BCUT2D eigenvalue weighted by Gasteiger charge is 2.36. The zero-order valence-electron chi connectivity index (χ0n) is 14.9. The predicted octanol–water partition coefficient (Wildman–Crippen LogP) is 3.33. The lowest BCUT2D eigenvalue weighted by molar-refractivity contribution is 0.108. The summed E-state index contributed by atoms with van der Waals surface area (Å²) >= 11 is 0. The third-order valence-corrected chi connectivity index (χ3v) is 5.43. The molecule has 4 rings (SSSR count). The van der Waals surface area contributed by atoms with Gasteiger partial charge in [-0.2, -0.15) is 0 Å². The van der Waals surface area contributed by atoms with E-state index in [0.717, 1.165) is 68.3 Å². The van der Waals surface area contributed by atoms with Gasteiger partial charge in [0.05, 0.1) is 18.8 Å². The SMILES string of the molecule is Cc1nc(CN2CCN(Cc3ccc([C@H]4C[C@@H]4C)o3)CC2)oc1C. The van der Waals surface area contributed by atoms with Gasteiger partial charge in [-0.3, -0.25) is 9.80 Å². The number of aromatic nitrogens is 1. The lowest BCUT2D eigenvalue weighted by atomic mass is 10.2. The molecule has 2 aliphatic rings. The summed E-state index contributed by atoms with van der Waals surface area (Å²) in [7, 11) is 0. The zero-order valence-corrected chi connectivity index (χ0v) is 14.9. The van der Waals surface area contributed by atoms with E-state index in [1.807, 2.05) is 13.8 Å². The summed E-state index contributed by atoms with van der Waals surface area (Å²) in [4.78, 5) is 9.38. The van der Waals surface area contributed by atoms with Gasteiger partial charge in [-0.25, -0.2) is 4.98 Å². The molecule has 5 heteroatoms. The van der Waals surface area contributed by atoms with Crippen molar-refractivity contribution in [3.8, 4) is 0 Å². The van der Waals surface area contributed by atoms with Crippen LogP contribution in [-0.4, -0.2) is 41.0 Å². The average molecular weight is 329 g/mol. The van der Waals surface area contributed by atoms with Crippen LogP contribution in [-0.2, 0) is 13.1 Å². The van der Waals surface area contributed by atoms with Gasteiger partial charge >= 0.3 is 0 Å². The van der Waals surface area contributed by atoms with Crippen LogP contribution >= 0.6 is 0 Å². The topological polar surface area (TPSA) is 45.7 Å². The summed E-state index contributed by atoms with van der Waals surface area (Å²) in [5.41, 5.74) is 1.00. The molecule has 0 N–H and O–H groups in total. The quantitative estimate of drug-likeness (QED) is 0.842. The standard InChI is InChI=1S/C19H27N3O2/c1-13-10-17(13)18-5-4-16(24-18)11-21-6-8-22(9-7-21)12-19-20-14(2)15(3)23-19/h4-5,13,17H,6-12H2,1-3H3/t13-,17-/m0/s1. The maximum absolute atomic E-state index is 6.04. The Labute approximate surface area is 143 Å². The normalized spacial score (nSPS) is 25.3. The highest BCUT2D eigenvalue weighted by Crippen LogP contribution is 2.47. The number of aryl methyl sites for hydroxylation is 2. The van der Waals surface area contributed by atoms with Crippen molar-refractivity contribution in [2.45, 2.75) is 46.2 Å². The Hall–Kier alpha value is -1.59. The second kappa shape index (κ2) is 6.37. The van der Waals surface area contributed by atoms with Crippen LogP contribution in [0.15, 0.2) is 21.0 Å². The fraction of sp³-hybridized carbons (Fsp3) is 0.632. The van der Waals surface area contributed by atoms with Gasteiger partial charge in [-0.15, -0.1) is 0 Å². The van der Waals surface area contributed by atoms with E-state index < -0.39 is 0 Å². The zero-order chi connectivity index (χ0) is 16.7. The van der Waals surface area contributed by atoms with Gasteiger partial charge in [0.2, 0.25) is 5.89 Å². The Balaban J connectivity index is 1.26. The molecule has 0 bridgehead atoms. The molecule has 5 nitrogen and oxygen atoms in total. The minimum absolute atomic E-state index is 0.670. The third-order valence-electron chi connectivity index (χ3n) is 5.43. The number of rotatable bonds is 5. The van der Waals surface area contributed by atoms with Crippen LogP contribution in [0.1, 0.15) is 48.1 Å². The summed E-state index contributed by atoms with van der Waals surface area (Å²) in [6, 6.07) is 4.33. The first-order valence-corrected chi connectivity index (χ1v) is 9.04. The molecule has 3 heterocycles. The minimum atomic E-state index is 0.670.